The molecule has 1 unspecified atom stereocenters. The second kappa shape index (κ2) is 3.38. The molecule has 1 saturated heterocycles. The molecule has 0 aromatic rings. The highest BCUT2D eigenvalue weighted by atomic mass is 16.5. The lowest BCUT2D eigenvalue weighted by Gasteiger charge is -1.97. The van der Waals surface area contributed by atoms with E-state index in [0.29, 0.717) is 13.0 Å². The summed E-state index contributed by atoms with van der Waals surface area (Å²) in [6.07, 6.45) is 2.03. The van der Waals surface area contributed by atoms with Crippen LogP contribution in [-0.4, -0.2) is 23.7 Å². The van der Waals surface area contributed by atoms with Gasteiger partial charge in [-0.3, -0.25) is 4.79 Å². The summed E-state index contributed by atoms with van der Waals surface area (Å²) < 4.78 is 4.67. The van der Waals surface area contributed by atoms with Gasteiger partial charge in [-0.25, -0.2) is 4.79 Å². The van der Waals surface area contributed by atoms with E-state index >= 15 is 0 Å². The van der Waals surface area contributed by atoms with Gasteiger partial charge in [0.15, 0.2) is 0 Å². The Labute approximate surface area is 69.8 Å². The van der Waals surface area contributed by atoms with E-state index in [2.05, 4.69) is 4.74 Å². The number of cyclic esters (lactones) is 1. The van der Waals surface area contributed by atoms with Gasteiger partial charge in [-0.1, -0.05) is 6.08 Å². The van der Waals surface area contributed by atoms with Crippen molar-refractivity contribution in [3.05, 3.63) is 11.6 Å². The predicted octanol–water partition coefficient (Wildman–Crippen LogP) is 0.580. The van der Waals surface area contributed by atoms with Crippen LogP contribution in [0, 0.1) is 5.92 Å². The van der Waals surface area contributed by atoms with E-state index in [1.807, 2.05) is 0 Å². The third-order valence-corrected chi connectivity index (χ3v) is 1.76. The SMILES string of the molecule is CC(=CC1CCOC1=O)C(=O)O. The average molecular weight is 170 g/mol. The molecule has 1 fully saturated rings. The van der Waals surface area contributed by atoms with Gasteiger partial charge in [-0.05, 0) is 13.3 Å². The van der Waals surface area contributed by atoms with Gasteiger partial charge in [0.1, 0.15) is 0 Å². The van der Waals surface area contributed by atoms with Crippen LogP contribution in [0.25, 0.3) is 0 Å². The van der Waals surface area contributed by atoms with E-state index in [1.54, 1.807) is 0 Å². The maximum Gasteiger partial charge on any atom is 0.330 e. The summed E-state index contributed by atoms with van der Waals surface area (Å²) in [5.74, 6) is -1.67. The Bertz CT molecular complexity index is 241. The van der Waals surface area contributed by atoms with Crippen LogP contribution in [0.3, 0.4) is 0 Å². The number of hydrogen-bond acceptors (Lipinski definition) is 3. The Morgan fingerprint density at radius 3 is 2.83 bits per heavy atom. The lowest BCUT2D eigenvalue weighted by atomic mass is 10.1. The topological polar surface area (TPSA) is 63.6 Å². The molecule has 1 atom stereocenters. The highest BCUT2D eigenvalue weighted by Crippen LogP contribution is 2.17. The number of aliphatic carboxylic acids is 1. The molecule has 1 aliphatic heterocycles. The van der Waals surface area contributed by atoms with Crippen molar-refractivity contribution in [2.24, 2.45) is 5.92 Å². The first-order valence-corrected chi connectivity index (χ1v) is 3.69. The fraction of sp³-hybridized carbons (Fsp3) is 0.500. The summed E-state index contributed by atoms with van der Waals surface area (Å²) in [7, 11) is 0. The molecule has 12 heavy (non-hydrogen) atoms. The van der Waals surface area contributed by atoms with Gasteiger partial charge in [-0.15, -0.1) is 0 Å². The third kappa shape index (κ3) is 1.84. The molecular formula is C8H10O4. The van der Waals surface area contributed by atoms with E-state index in [4.69, 9.17) is 5.11 Å². The molecule has 4 heteroatoms. The molecule has 4 nitrogen and oxygen atoms in total. The first-order chi connectivity index (χ1) is 5.61. The maximum atomic E-state index is 10.9. The minimum absolute atomic E-state index is 0.193. The molecule has 1 aliphatic rings. The average Bonchev–Trinajstić information content (AvgIpc) is 2.36. The number of carbonyl (C=O) groups excluding carboxylic acids is 1. The van der Waals surface area contributed by atoms with Crippen LogP contribution in [0.2, 0.25) is 0 Å². The fourth-order valence-electron chi connectivity index (χ4n) is 1.04. The standard InChI is InChI=1S/C8H10O4/c1-5(7(9)10)4-6-2-3-12-8(6)11/h4,6H,2-3H2,1H3,(H,9,10). The summed E-state index contributed by atoms with van der Waals surface area (Å²) in [4.78, 5) is 21.2. The number of carbonyl (C=O) groups is 2. The van der Waals surface area contributed by atoms with Crippen LogP contribution < -0.4 is 0 Å². The minimum Gasteiger partial charge on any atom is -0.478 e. The monoisotopic (exact) mass is 170 g/mol. The van der Waals surface area contributed by atoms with Gasteiger partial charge in [-0.2, -0.15) is 0 Å². The van der Waals surface area contributed by atoms with Gasteiger partial charge in [0.2, 0.25) is 0 Å². The van der Waals surface area contributed by atoms with Crippen LogP contribution in [-0.2, 0) is 14.3 Å². The quantitative estimate of drug-likeness (QED) is 0.486. The van der Waals surface area contributed by atoms with Crippen molar-refractivity contribution in [1.29, 1.82) is 0 Å². The van der Waals surface area contributed by atoms with Gasteiger partial charge in [0.25, 0.3) is 0 Å². The normalized spacial score (nSPS) is 23.9. The van der Waals surface area contributed by atoms with Crippen molar-refractivity contribution in [1.82, 2.24) is 0 Å². The summed E-state index contributed by atoms with van der Waals surface area (Å²) >= 11 is 0. The Hall–Kier alpha value is -1.32. The van der Waals surface area contributed by atoms with Crippen LogP contribution in [0.5, 0.6) is 0 Å². The first-order valence-electron chi connectivity index (χ1n) is 3.69. The summed E-state index contributed by atoms with van der Waals surface area (Å²) in [5, 5.41) is 8.51. The van der Waals surface area contributed by atoms with E-state index in [0.717, 1.165) is 0 Å². The second-order valence-corrected chi connectivity index (χ2v) is 2.72. The maximum absolute atomic E-state index is 10.9. The molecule has 0 aliphatic carbocycles. The van der Waals surface area contributed by atoms with Gasteiger partial charge >= 0.3 is 11.9 Å². The molecule has 0 amide bonds. The molecule has 0 radical (unpaired) electrons. The molecule has 66 valence electrons. The zero-order valence-electron chi connectivity index (χ0n) is 6.74. The number of rotatable bonds is 2. The third-order valence-electron chi connectivity index (χ3n) is 1.76. The summed E-state index contributed by atoms with van der Waals surface area (Å²) in [5.41, 5.74) is 0.193. The lowest BCUT2D eigenvalue weighted by molar-refractivity contribution is -0.140. The highest BCUT2D eigenvalue weighted by Gasteiger charge is 2.24. The molecular weight excluding hydrogens is 160 g/mol. The number of hydrogen-bond donors (Lipinski definition) is 1. The number of carboxylic acids is 1. The van der Waals surface area contributed by atoms with Crippen molar-refractivity contribution in [3.8, 4) is 0 Å². The number of ether oxygens (including phenoxy) is 1. The van der Waals surface area contributed by atoms with Crippen molar-refractivity contribution in [2.45, 2.75) is 13.3 Å². The number of carboxylic acid groups (broad SMARTS) is 1. The van der Waals surface area contributed by atoms with Crippen molar-refractivity contribution in [2.75, 3.05) is 6.61 Å². The zero-order chi connectivity index (χ0) is 9.14. The molecule has 1 heterocycles. The fourth-order valence-corrected chi connectivity index (χ4v) is 1.04. The van der Waals surface area contributed by atoms with E-state index < -0.39 is 5.97 Å². The molecule has 0 bridgehead atoms. The first kappa shape index (κ1) is 8.77. The molecule has 0 saturated carbocycles. The molecule has 1 N–H and O–H groups in total. The minimum atomic E-state index is -0.991. The zero-order valence-corrected chi connectivity index (χ0v) is 6.74. The summed E-state index contributed by atoms with van der Waals surface area (Å²) in [6, 6.07) is 0. The van der Waals surface area contributed by atoms with E-state index in [9.17, 15) is 9.59 Å². The van der Waals surface area contributed by atoms with E-state index in [1.165, 1.54) is 13.0 Å². The molecule has 1 rings (SSSR count). The number of esters is 1. The highest BCUT2D eigenvalue weighted by molar-refractivity contribution is 5.87. The van der Waals surface area contributed by atoms with Crippen molar-refractivity contribution >= 4 is 11.9 Å². The Morgan fingerprint density at radius 2 is 2.42 bits per heavy atom. The molecule has 0 aromatic heterocycles. The smallest absolute Gasteiger partial charge is 0.330 e. The molecule has 0 aromatic carbocycles. The predicted molar refractivity (Wildman–Crippen MR) is 40.5 cm³/mol. The van der Waals surface area contributed by atoms with Crippen molar-refractivity contribution in [3.63, 3.8) is 0 Å². The van der Waals surface area contributed by atoms with Gasteiger partial charge in [0.05, 0.1) is 12.5 Å². The Balaban J connectivity index is 2.66. The van der Waals surface area contributed by atoms with Crippen molar-refractivity contribution < 1.29 is 19.4 Å². The Kier molecular flexibility index (Phi) is 2.47. The van der Waals surface area contributed by atoms with E-state index in [-0.39, 0.29) is 17.5 Å². The van der Waals surface area contributed by atoms with Crippen LogP contribution in [0.4, 0.5) is 0 Å². The molecule has 0 spiro atoms. The second-order valence-electron chi connectivity index (χ2n) is 2.72. The Morgan fingerprint density at radius 1 is 1.75 bits per heavy atom. The lowest BCUT2D eigenvalue weighted by Crippen LogP contribution is -2.07. The summed E-state index contributed by atoms with van der Waals surface area (Å²) in [6.45, 7) is 1.86. The van der Waals surface area contributed by atoms with Crippen LogP contribution in [0.1, 0.15) is 13.3 Å². The largest absolute Gasteiger partial charge is 0.478 e. The van der Waals surface area contributed by atoms with Gasteiger partial charge in [0, 0.05) is 5.57 Å². The van der Waals surface area contributed by atoms with Crippen LogP contribution in [0.15, 0.2) is 11.6 Å². The van der Waals surface area contributed by atoms with Gasteiger partial charge < -0.3 is 9.84 Å². The van der Waals surface area contributed by atoms with Crippen LogP contribution >= 0.6 is 0 Å².